The van der Waals surface area contributed by atoms with Gasteiger partial charge in [-0.25, -0.2) is 0 Å². The van der Waals surface area contributed by atoms with Crippen LogP contribution in [0.1, 0.15) is 0 Å². The molecule has 1 atom stereocenters. The third-order valence-corrected chi connectivity index (χ3v) is 4.92. The van der Waals surface area contributed by atoms with Crippen molar-refractivity contribution in [1.82, 2.24) is 5.32 Å². The molecular weight excluding hydrogens is 472 g/mol. The molecule has 1 heterocycles. The number of nitro benzene ring substituents is 1. The highest BCUT2D eigenvalue weighted by atomic mass is 79.9. The van der Waals surface area contributed by atoms with Crippen molar-refractivity contribution in [2.24, 2.45) is 10.9 Å². The van der Waals surface area contributed by atoms with E-state index in [1.807, 2.05) is 0 Å². The first kappa shape index (κ1) is 20.1. The van der Waals surface area contributed by atoms with Crippen LogP contribution in [-0.2, 0) is 9.59 Å². The van der Waals surface area contributed by atoms with Gasteiger partial charge < -0.3 is 5.32 Å². The van der Waals surface area contributed by atoms with E-state index in [1.54, 1.807) is 24.3 Å². The van der Waals surface area contributed by atoms with Crippen molar-refractivity contribution in [3.05, 3.63) is 62.1 Å². The highest BCUT2D eigenvalue weighted by Crippen LogP contribution is 2.29. The first-order valence-electron chi connectivity index (χ1n) is 7.70. The molecule has 1 N–H and O–H groups in total. The van der Waals surface area contributed by atoms with E-state index in [1.165, 1.54) is 17.0 Å². The summed E-state index contributed by atoms with van der Waals surface area (Å²) in [6.07, 6.45) is 1.12. The molecule has 0 radical (unpaired) electrons. The van der Waals surface area contributed by atoms with Crippen LogP contribution in [0, 0.1) is 16.0 Å². The quantitative estimate of drug-likeness (QED) is 0.235. The Labute approximate surface area is 177 Å². The number of anilines is 1. The topological polar surface area (TPSA) is 105 Å². The molecule has 1 aliphatic heterocycles. The number of benzene rings is 2. The molecule has 1 fully saturated rings. The van der Waals surface area contributed by atoms with Crippen LogP contribution in [-0.4, -0.2) is 28.1 Å². The third kappa shape index (κ3) is 4.08. The molecule has 0 bridgehead atoms. The van der Waals surface area contributed by atoms with Gasteiger partial charge in [0.05, 0.1) is 16.3 Å². The van der Waals surface area contributed by atoms with Crippen LogP contribution in [0.4, 0.5) is 17.1 Å². The molecule has 2 amide bonds. The van der Waals surface area contributed by atoms with Crippen molar-refractivity contribution < 1.29 is 14.5 Å². The van der Waals surface area contributed by atoms with E-state index in [9.17, 15) is 19.7 Å². The molecule has 1 aliphatic rings. The third-order valence-electron chi connectivity index (χ3n) is 3.79. The second-order valence-electron chi connectivity index (χ2n) is 5.59. The van der Waals surface area contributed by atoms with Crippen LogP contribution >= 0.6 is 39.7 Å². The van der Waals surface area contributed by atoms with E-state index < -0.39 is 22.7 Å². The number of nitrogens with one attached hydrogen (secondary N) is 1. The molecule has 11 heteroatoms. The fourth-order valence-corrected chi connectivity index (χ4v) is 3.19. The number of rotatable bonds is 4. The van der Waals surface area contributed by atoms with Crippen LogP contribution in [0.15, 0.2) is 51.9 Å². The Morgan fingerprint density at radius 3 is 2.57 bits per heavy atom. The van der Waals surface area contributed by atoms with Gasteiger partial charge in [-0.3, -0.25) is 29.6 Å². The summed E-state index contributed by atoms with van der Waals surface area (Å²) in [5.41, 5.74) is 0.340. The number of amides is 2. The van der Waals surface area contributed by atoms with Crippen molar-refractivity contribution in [2.75, 3.05) is 4.90 Å². The second-order valence-corrected chi connectivity index (χ2v) is 7.30. The lowest BCUT2D eigenvalue weighted by Gasteiger charge is -2.30. The maximum absolute atomic E-state index is 12.8. The maximum Gasteiger partial charge on any atom is 0.290 e. The van der Waals surface area contributed by atoms with Crippen molar-refractivity contribution in [3.8, 4) is 0 Å². The molecule has 0 aliphatic carbocycles. The van der Waals surface area contributed by atoms with Crippen LogP contribution in [0.3, 0.4) is 0 Å². The van der Waals surface area contributed by atoms with E-state index in [2.05, 4.69) is 26.2 Å². The van der Waals surface area contributed by atoms with Gasteiger partial charge in [-0.1, -0.05) is 27.5 Å². The molecule has 2 aromatic carbocycles. The maximum atomic E-state index is 12.8. The molecule has 8 nitrogen and oxygen atoms in total. The average Bonchev–Trinajstić information content (AvgIpc) is 2.63. The van der Waals surface area contributed by atoms with E-state index in [4.69, 9.17) is 23.8 Å². The highest BCUT2D eigenvalue weighted by molar-refractivity contribution is 9.10. The van der Waals surface area contributed by atoms with E-state index in [0.717, 1.165) is 16.8 Å². The van der Waals surface area contributed by atoms with Gasteiger partial charge in [-0.2, -0.15) is 0 Å². The number of nitro groups is 1. The van der Waals surface area contributed by atoms with Crippen molar-refractivity contribution in [2.45, 2.75) is 0 Å². The largest absolute Gasteiger partial charge is 0.301 e. The van der Waals surface area contributed by atoms with Crippen LogP contribution in [0.5, 0.6) is 0 Å². The van der Waals surface area contributed by atoms with Crippen molar-refractivity contribution in [1.29, 1.82) is 0 Å². The number of carbonyl (C=O) groups is 2. The van der Waals surface area contributed by atoms with Crippen LogP contribution < -0.4 is 10.2 Å². The molecule has 28 heavy (non-hydrogen) atoms. The summed E-state index contributed by atoms with van der Waals surface area (Å²) in [6.45, 7) is 0. The average molecular weight is 482 g/mol. The Bertz CT molecular complexity index is 1030. The Hall–Kier alpha value is -2.69. The molecule has 0 saturated carbocycles. The molecule has 0 unspecified atom stereocenters. The standard InChI is InChI=1S/C17H10BrClN4O4S/c18-9-1-4-11(5-2-9)22-16(25)12(15(24)21-17(22)28)8-20-10-3-6-13(19)14(7-10)23(26)27/h1-8,12H,(H,21,24,28)/t12-/m1/s1. The number of halogens is 2. The van der Waals surface area contributed by atoms with Gasteiger partial charge >= 0.3 is 0 Å². The molecule has 142 valence electrons. The highest BCUT2D eigenvalue weighted by Gasteiger charge is 2.38. The number of hydrogen-bond donors (Lipinski definition) is 1. The predicted molar refractivity (Wildman–Crippen MR) is 112 cm³/mol. The zero-order chi connectivity index (χ0) is 20.4. The second kappa shape index (κ2) is 8.13. The zero-order valence-electron chi connectivity index (χ0n) is 13.8. The number of thiocarbonyl (C=S) groups is 1. The molecule has 3 rings (SSSR count). The Morgan fingerprint density at radius 2 is 1.93 bits per heavy atom. The SMILES string of the molecule is O=C1NC(=S)N(c2ccc(Br)cc2)C(=O)[C@@H]1C=Nc1ccc(Cl)c([N+](=O)[O-])c1. The molecule has 2 aromatic rings. The minimum Gasteiger partial charge on any atom is -0.301 e. The molecule has 1 saturated heterocycles. The fourth-order valence-electron chi connectivity index (χ4n) is 2.44. The number of hydrogen-bond acceptors (Lipinski definition) is 6. The number of aliphatic imine (C=N–C) groups is 1. The van der Waals surface area contributed by atoms with Gasteiger partial charge in [0.1, 0.15) is 5.02 Å². The minimum atomic E-state index is -1.25. The van der Waals surface area contributed by atoms with Gasteiger partial charge in [0.15, 0.2) is 11.0 Å². The first-order chi connectivity index (χ1) is 13.3. The molecule has 0 spiro atoms. The summed E-state index contributed by atoms with van der Waals surface area (Å²) in [6, 6.07) is 10.7. The minimum absolute atomic E-state index is 0.0379. The first-order valence-corrected chi connectivity index (χ1v) is 9.28. The van der Waals surface area contributed by atoms with E-state index >= 15 is 0 Å². The van der Waals surface area contributed by atoms with Gasteiger partial charge in [0.2, 0.25) is 5.91 Å². The van der Waals surface area contributed by atoms with Gasteiger partial charge in [0.25, 0.3) is 11.6 Å². The number of nitrogens with zero attached hydrogens (tertiary/aromatic N) is 3. The smallest absolute Gasteiger partial charge is 0.290 e. The van der Waals surface area contributed by atoms with Crippen molar-refractivity contribution in [3.63, 3.8) is 0 Å². The van der Waals surface area contributed by atoms with Gasteiger partial charge in [0, 0.05) is 16.8 Å². The van der Waals surface area contributed by atoms with Crippen LogP contribution in [0.2, 0.25) is 5.02 Å². The van der Waals surface area contributed by atoms with Crippen LogP contribution in [0.25, 0.3) is 0 Å². The zero-order valence-corrected chi connectivity index (χ0v) is 17.0. The van der Waals surface area contributed by atoms with Crippen molar-refractivity contribution >= 4 is 80.0 Å². The Morgan fingerprint density at radius 1 is 1.25 bits per heavy atom. The summed E-state index contributed by atoms with van der Waals surface area (Å²) in [7, 11) is 0. The summed E-state index contributed by atoms with van der Waals surface area (Å²) in [5, 5.41) is 13.4. The Balaban J connectivity index is 1.89. The summed E-state index contributed by atoms with van der Waals surface area (Å²) >= 11 is 14.2. The summed E-state index contributed by atoms with van der Waals surface area (Å²) < 4.78 is 0.818. The number of carbonyl (C=O) groups excluding carboxylic acids is 2. The summed E-state index contributed by atoms with van der Waals surface area (Å²) in [4.78, 5) is 40.6. The van der Waals surface area contributed by atoms with E-state index in [0.29, 0.717) is 5.69 Å². The lowest BCUT2D eigenvalue weighted by molar-refractivity contribution is -0.384. The van der Waals surface area contributed by atoms with E-state index in [-0.39, 0.29) is 21.5 Å². The van der Waals surface area contributed by atoms with Gasteiger partial charge in [-0.15, -0.1) is 0 Å². The Kier molecular flexibility index (Phi) is 5.82. The van der Waals surface area contributed by atoms with Gasteiger partial charge in [-0.05, 0) is 48.6 Å². The predicted octanol–water partition coefficient (Wildman–Crippen LogP) is 3.78. The molecule has 0 aromatic heterocycles. The normalized spacial score (nSPS) is 17.1. The fraction of sp³-hybridized carbons (Fsp3) is 0.0588. The summed E-state index contributed by atoms with van der Waals surface area (Å²) in [5.74, 6) is -2.45. The lowest BCUT2D eigenvalue weighted by Crippen LogP contribution is -2.58. The monoisotopic (exact) mass is 480 g/mol. The lowest BCUT2D eigenvalue weighted by atomic mass is 10.1. The molecular formula is C17H10BrClN4O4S.